The molecule has 1 rings (SSSR count). The summed E-state index contributed by atoms with van der Waals surface area (Å²) in [6, 6.07) is 0. The zero-order chi connectivity index (χ0) is 14.1. The lowest BCUT2D eigenvalue weighted by Crippen LogP contribution is -2.28. The lowest BCUT2D eigenvalue weighted by molar-refractivity contribution is 0.452. The summed E-state index contributed by atoms with van der Waals surface area (Å²) in [4.78, 5) is 4.00. The van der Waals surface area contributed by atoms with E-state index in [2.05, 4.69) is 21.9 Å². The Hall–Kier alpha value is -0.920. The van der Waals surface area contributed by atoms with Gasteiger partial charge in [-0.2, -0.15) is 0 Å². The highest BCUT2D eigenvalue weighted by atomic mass is 32.2. The summed E-state index contributed by atoms with van der Waals surface area (Å²) in [5, 5.41) is 3.17. The van der Waals surface area contributed by atoms with Crippen LogP contribution in [0.3, 0.4) is 0 Å². The van der Waals surface area contributed by atoms with Crippen molar-refractivity contribution in [1.29, 1.82) is 0 Å². The number of nitrogens with one attached hydrogen (secondary N) is 2. The normalized spacial score (nSPS) is 11.9. The Kier molecular flexibility index (Phi) is 7.04. The Morgan fingerprint density at radius 2 is 2.11 bits per heavy atom. The number of nitrogens with zero attached hydrogens (tertiary/aromatic N) is 1. The molecule has 2 N–H and O–H groups in total. The molecule has 0 saturated carbocycles. The van der Waals surface area contributed by atoms with E-state index in [4.69, 9.17) is 4.42 Å². The standard InChI is InChI=1S/C12H23N3O3S/c1-3-6-13-7-5-8-19(16,17)15-10-12-14-9-11(4-2)18-12/h9,13,15H,3-8,10H2,1-2H3. The molecule has 0 amide bonds. The summed E-state index contributed by atoms with van der Waals surface area (Å²) in [6.45, 7) is 5.78. The molecule has 0 aliphatic carbocycles. The van der Waals surface area contributed by atoms with Crippen LogP contribution in [0.4, 0.5) is 0 Å². The van der Waals surface area contributed by atoms with E-state index in [9.17, 15) is 8.42 Å². The maximum Gasteiger partial charge on any atom is 0.212 e. The van der Waals surface area contributed by atoms with E-state index in [1.165, 1.54) is 0 Å². The molecule has 1 heterocycles. The van der Waals surface area contributed by atoms with Crippen molar-refractivity contribution >= 4 is 10.0 Å². The average Bonchev–Trinajstić information content (AvgIpc) is 2.84. The third-order valence-corrected chi connectivity index (χ3v) is 4.00. The smallest absolute Gasteiger partial charge is 0.212 e. The van der Waals surface area contributed by atoms with E-state index in [1.54, 1.807) is 6.20 Å². The molecule has 0 spiro atoms. The van der Waals surface area contributed by atoms with Gasteiger partial charge in [-0.1, -0.05) is 13.8 Å². The maximum absolute atomic E-state index is 11.7. The summed E-state index contributed by atoms with van der Waals surface area (Å²) >= 11 is 0. The number of hydrogen-bond donors (Lipinski definition) is 2. The highest BCUT2D eigenvalue weighted by Gasteiger charge is 2.11. The van der Waals surface area contributed by atoms with Gasteiger partial charge in [0.05, 0.1) is 18.5 Å². The molecule has 0 aliphatic heterocycles. The first-order valence-electron chi connectivity index (χ1n) is 6.69. The van der Waals surface area contributed by atoms with Crippen LogP contribution >= 0.6 is 0 Å². The molecule has 6 nitrogen and oxygen atoms in total. The molecule has 110 valence electrons. The van der Waals surface area contributed by atoms with Gasteiger partial charge in [-0.3, -0.25) is 0 Å². The van der Waals surface area contributed by atoms with E-state index in [-0.39, 0.29) is 12.3 Å². The molecule has 0 aromatic carbocycles. The highest BCUT2D eigenvalue weighted by Crippen LogP contribution is 2.04. The summed E-state index contributed by atoms with van der Waals surface area (Å²) in [7, 11) is -3.25. The number of rotatable bonds is 10. The van der Waals surface area contributed by atoms with Crippen LogP contribution in [0, 0.1) is 0 Å². The van der Waals surface area contributed by atoms with Crippen molar-refractivity contribution in [2.75, 3.05) is 18.8 Å². The average molecular weight is 289 g/mol. The van der Waals surface area contributed by atoms with Crippen LogP contribution in [0.15, 0.2) is 10.6 Å². The Bertz CT molecular complexity index is 457. The fraction of sp³-hybridized carbons (Fsp3) is 0.750. The molecular weight excluding hydrogens is 266 g/mol. The monoisotopic (exact) mass is 289 g/mol. The highest BCUT2D eigenvalue weighted by molar-refractivity contribution is 7.89. The van der Waals surface area contributed by atoms with Gasteiger partial charge in [-0.15, -0.1) is 0 Å². The number of hydrogen-bond acceptors (Lipinski definition) is 5. The third kappa shape index (κ3) is 6.70. The molecule has 19 heavy (non-hydrogen) atoms. The molecule has 0 bridgehead atoms. The van der Waals surface area contributed by atoms with Gasteiger partial charge < -0.3 is 9.73 Å². The summed E-state index contributed by atoms with van der Waals surface area (Å²) < 4.78 is 31.2. The second-order valence-electron chi connectivity index (χ2n) is 4.32. The fourth-order valence-corrected chi connectivity index (χ4v) is 2.54. The topological polar surface area (TPSA) is 84.2 Å². The predicted molar refractivity (Wildman–Crippen MR) is 74.3 cm³/mol. The lowest BCUT2D eigenvalue weighted by atomic mass is 10.4. The van der Waals surface area contributed by atoms with Crippen LogP contribution in [0.1, 0.15) is 38.3 Å². The number of oxazole rings is 1. The molecule has 1 aromatic heterocycles. The largest absolute Gasteiger partial charge is 0.444 e. The van der Waals surface area contributed by atoms with Crippen LogP contribution in [0.25, 0.3) is 0 Å². The zero-order valence-corrected chi connectivity index (χ0v) is 12.4. The Labute approximate surface area is 115 Å². The molecule has 0 unspecified atom stereocenters. The van der Waals surface area contributed by atoms with E-state index in [1.807, 2.05) is 6.92 Å². The number of aromatic nitrogens is 1. The zero-order valence-electron chi connectivity index (χ0n) is 11.6. The van der Waals surface area contributed by atoms with Crippen molar-refractivity contribution in [3.05, 3.63) is 17.8 Å². The SMILES string of the molecule is CCCNCCCS(=O)(=O)NCc1ncc(CC)o1. The molecule has 1 aromatic rings. The van der Waals surface area contributed by atoms with E-state index >= 15 is 0 Å². The van der Waals surface area contributed by atoms with Crippen molar-refractivity contribution in [3.8, 4) is 0 Å². The Morgan fingerprint density at radius 1 is 1.32 bits per heavy atom. The van der Waals surface area contributed by atoms with E-state index in [0.29, 0.717) is 18.9 Å². The molecule has 0 atom stereocenters. The van der Waals surface area contributed by atoms with E-state index < -0.39 is 10.0 Å². The molecule has 0 aliphatic rings. The fourth-order valence-electron chi connectivity index (χ4n) is 1.53. The van der Waals surface area contributed by atoms with Crippen LogP contribution in [-0.4, -0.2) is 32.2 Å². The quantitative estimate of drug-likeness (QED) is 0.629. The minimum absolute atomic E-state index is 0.116. The van der Waals surface area contributed by atoms with Crippen molar-refractivity contribution in [3.63, 3.8) is 0 Å². The number of aryl methyl sites for hydroxylation is 1. The van der Waals surface area contributed by atoms with Crippen molar-refractivity contribution in [2.24, 2.45) is 0 Å². The van der Waals surface area contributed by atoms with Crippen LogP contribution in [0.2, 0.25) is 0 Å². The van der Waals surface area contributed by atoms with Gasteiger partial charge >= 0.3 is 0 Å². The van der Waals surface area contributed by atoms with Crippen molar-refractivity contribution in [1.82, 2.24) is 15.0 Å². The van der Waals surface area contributed by atoms with Gasteiger partial charge in [0.25, 0.3) is 0 Å². The maximum atomic E-state index is 11.7. The minimum atomic E-state index is -3.25. The van der Waals surface area contributed by atoms with Crippen LogP contribution < -0.4 is 10.0 Å². The Balaban J connectivity index is 2.26. The van der Waals surface area contributed by atoms with Crippen molar-refractivity contribution in [2.45, 2.75) is 39.7 Å². The molecule has 0 saturated heterocycles. The molecular formula is C12H23N3O3S. The van der Waals surface area contributed by atoms with Gasteiger partial charge in [0, 0.05) is 6.42 Å². The lowest BCUT2D eigenvalue weighted by Gasteiger charge is -2.05. The van der Waals surface area contributed by atoms with Gasteiger partial charge in [0.15, 0.2) is 0 Å². The second kappa shape index (κ2) is 8.29. The third-order valence-electron chi connectivity index (χ3n) is 2.59. The Morgan fingerprint density at radius 3 is 2.74 bits per heavy atom. The van der Waals surface area contributed by atoms with E-state index in [0.717, 1.165) is 25.1 Å². The first-order valence-corrected chi connectivity index (χ1v) is 8.34. The van der Waals surface area contributed by atoms with Crippen LogP contribution in [0.5, 0.6) is 0 Å². The number of sulfonamides is 1. The first-order chi connectivity index (χ1) is 9.07. The first kappa shape index (κ1) is 16.1. The predicted octanol–water partition coefficient (Wildman–Crippen LogP) is 1.05. The van der Waals surface area contributed by atoms with Gasteiger partial charge in [0.1, 0.15) is 5.76 Å². The molecule has 0 fully saturated rings. The van der Waals surface area contributed by atoms with Gasteiger partial charge in [-0.05, 0) is 25.9 Å². The van der Waals surface area contributed by atoms with Gasteiger partial charge in [-0.25, -0.2) is 18.1 Å². The summed E-state index contributed by atoms with van der Waals surface area (Å²) in [6.07, 6.45) is 4.03. The molecule has 7 heteroatoms. The summed E-state index contributed by atoms with van der Waals surface area (Å²) in [5.41, 5.74) is 0. The van der Waals surface area contributed by atoms with Gasteiger partial charge in [0.2, 0.25) is 15.9 Å². The van der Waals surface area contributed by atoms with Crippen molar-refractivity contribution < 1.29 is 12.8 Å². The summed E-state index contributed by atoms with van der Waals surface area (Å²) in [5.74, 6) is 1.29. The van der Waals surface area contributed by atoms with Crippen LogP contribution in [-0.2, 0) is 23.0 Å². The minimum Gasteiger partial charge on any atom is -0.444 e. The second-order valence-corrected chi connectivity index (χ2v) is 6.24. The molecule has 0 radical (unpaired) electrons.